The van der Waals surface area contributed by atoms with Gasteiger partial charge in [0.1, 0.15) is 5.75 Å². The number of unbranched alkanes of at least 4 members (excludes halogenated alkanes) is 2. The van der Waals surface area contributed by atoms with Crippen molar-refractivity contribution in [1.82, 2.24) is 4.90 Å². The molecule has 0 radical (unpaired) electrons. The minimum atomic E-state index is 0. The third kappa shape index (κ3) is 3.51. The Morgan fingerprint density at radius 3 is 2.91 bits per heavy atom. The van der Waals surface area contributed by atoms with E-state index in [1.165, 1.54) is 63.6 Å². The average molecular weight is 368 g/mol. The highest BCUT2D eigenvalue weighted by molar-refractivity contribution is 8.93. The van der Waals surface area contributed by atoms with Crippen molar-refractivity contribution >= 4 is 17.0 Å². The minimum absolute atomic E-state index is 0. The predicted octanol–water partition coefficient (Wildman–Crippen LogP) is 4.96. The number of halogens is 1. The normalized spacial score (nSPS) is 27.5. The monoisotopic (exact) mass is 367 g/mol. The Morgan fingerprint density at radius 1 is 1.27 bits per heavy atom. The van der Waals surface area contributed by atoms with Crippen LogP contribution in [0, 0.1) is 0 Å². The summed E-state index contributed by atoms with van der Waals surface area (Å²) < 4.78 is 5.42. The zero-order valence-electron chi connectivity index (χ0n) is 14.0. The fourth-order valence-electron chi connectivity index (χ4n) is 4.40. The molecule has 2 nitrogen and oxygen atoms in total. The topological polar surface area (TPSA) is 12.5 Å². The molecular weight excluding hydrogens is 338 g/mol. The largest absolute Gasteiger partial charge is 0.497 e. The highest BCUT2D eigenvalue weighted by Gasteiger charge is 2.46. The van der Waals surface area contributed by atoms with Gasteiger partial charge in [-0.2, -0.15) is 0 Å². The fraction of sp³-hybridized carbons (Fsp3) is 0.684. The van der Waals surface area contributed by atoms with E-state index in [0.29, 0.717) is 5.41 Å². The van der Waals surface area contributed by atoms with E-state index in [0.717, 1.165) is 11.8 Å². The van der Waals surface area contributed by atoms with Crippen LogP contribution in [0.25, 0.3) is 0 Å². The number of likely N-dealkylation sites (tertiary alicyclic amines) is 1. The third-order valence-electron chi connectivity index (χ3n) is 5.71. The fourth-order valence-corrected chi connectivity index (χ4v) is 4.40. The van der Waals surface area contributed by atoms with Gasteiger partial charge in [0.15, 0.2) is 0 Å². The number of nitrogens with zero attached hydrogens (tertiary/aromatic N) is 1. The Morgan fingerprint density at radius 2 is 2.14 bits per heavy atom. The Balaban J connectivity index is 0.00000176. The third-order valence-corrected chi connectivity index (χ3v) is 5.71. The van der Waals surface area contributed by atoms with Gasteiger partial charge in [0.2, 0.25) is 0 Å². The molecule has 0 aromatic heterocycles. The molecule has 3 rings (SSSR count). The molecular formula is C19H30BrNO. The summed E-state index contributed by atoms with van der Waals surface area (Å²) in [7, 11) is 1.77. The van der Waals surface area contributed by atoms with Crippen LogP contribution in [0.4, 0.5) is 0 Å². The second-order valence-electron chi connectivity index (χ2n) is 6.90. The number of ether oxygens (including phenoxy) is 1. The van der Waals surface area contributed by atoms with Crippen molar-refractivity contribution in [3.05, 3.63) is 29.8 Å². The quantitative estimate of drug-likeness (QED) is 0.658. The Labute approximate surface area is 146 Å². The Kier molecular flexibility index (Phi) is 6.34. The predicted molar refractivity (Wildman–Crippen MR) is 98.3 cm³/mol. The van der Waals surface area contributed by atoms with Gasteiger partial charge >= 0.3 is 0 Å². The number of hydrogen-bond acceptors (Lipinski definition) is 2. The summed E-state index contributed by atoms with van der Waals surface area (Å²) in [4.78, 5) is 2.76. The van der Waals surface area contributed by atoms with E-state index in [2.05, 4.69) is 36.1 Å². The summed E-state index contributed by atoms with van der Waals surface area (Å²) in [6.45, 7) is 4.89. The van der Waals surface area contributed by atoms with Crippen LogP contribution in [0.5, 0.6) is 5.75 Å². The van der Waals surface area contributed by atoms with E-state index >= 15 is 0 Å². The van der Waals surface area contributed by atoms with Crippen LogP contribution in [0.3, 0.4) is 0 Å². The molecule has 1 saturated carbocycles. The lowest BCUT2D eigenvalue weighted by Crippen LogP contribution is -2.43. The molecule has 1 heterocycles. The van der Waals surface area contributed by atoms with Crippen LogP contribution in [0.2, 0.25) is 0 Å². The summed E-state index contributed by atoms with van der Waals surface area (Å²) in [5.41, 5.74) is 1.94. The number of rotatable bonds is 6. The van der Waals surface area contributed by atoms with Crippen LogP contribution >= 0.6 is 17.0 Å². The van der Waals surface area contributed by atoms with Crippen LogP contribution in [0.15, 0.2) is 24.3 Å². The molecule has 1 aromatic carbocycles. The highest BCUT2D eigenvalue weighted by atomic mass is 79.9. The Hall–Kier alpha value is -0.540. The number of methoxy groups -OCH3 is 1. The zero-order valence-corrected chi connectivity index (χ0v) is 15.7. The van der Waals surface area contributed by atoms with E-state index in [-0.39, 0.29) is 17.0 Å². The van der Waals surface area contributed by atoms with Crippen molar-refractivity contribution in [2.24, 2.45) is 0 Å². The van der Waals surface area contributed by atoms with Gasteiger partial charge < -0.3 is 9.64 Å². The molecule has 124 valence electrons. The SMILES string of the molecule is Br.CCCCCN1CCC2(c3cccc(OC)c3)CCC1C2. The lowest BCUT2D eigenvalue weighted by molar-refractivity contribution is 0.138. The van der Waals surface area contributed by atoms with Crippen molar-refractivity contribution in [1.29, 1.82) is 0 Å². The molecule has 0 amide bonds. The lowest BCUT2D eigenvalue weighted by atomic mass is 9.74. The van der Waals surface area contributed by atoms with E-state index in [9.17, 15) is 0 Å². The molecule has 2 aliphatic rings. The van der Waals surface area contributed by atoms with E-state index < -0.39 is 0 Å². The Bertz CT molecular complexity index is 478. The first-order valence-electron chi connectivity index (χ1n) is 8.66. The number of benzene rings is 1. The molecule has 0 spiro atoms. The van der Waals surface area contributed by atoms with E-state index in [1.54, 1.807) is 7.11 Å². The molecule has 2 unspecified atom stereocenters. The van der Waals surface area contributed by atoms with E-state index in [1.807, 2.05) is 0 Å². The molecule has 2 bridgehead atoms. The second-order valence-corrected chi connectivity index (χ2v) is 6.90. The molecule has 1 aliphatic carbocycles. The van der Waals surface area contributed by atoms with Crippen LogP contribution in [-0.4, -0.2) is 31.1 Å². The van der Waals surface area contributed by atoms with E-state index in [4.69, 9.17) is 4.74 Å². The standard InChI is InChI=1S/C19H29NO.BrH/c1-3-4-5-12-20-13-11-19(10-9-17(20)15-19)16-7-6-8-18(14-16)21-2;/h6-8,14,17H,3-5,9-13,15H2,1-2H3;1H. The zero-order chi connectivity index (χ0) is 14.7. The van der Waals surface area contributed by atoms with Crippen LogP contribution in [0.1, 0.15) is 57.4 Å². The first-order chi connectivity index (χ1) is 10.3. The van der Waals surface area contributed by atoms with Gasteiger partial charge in [-0.05, 0) is 68.3 Å². The summed E-state index contributed by atoms with van der Waals surface area (Å²) >= 11 is 0. The lowest BCUT2D eigenvalue weighted by Gasteiger charge is -2.40. The number of hydrogen-bond donors (Lipinski definition) is 0. The molecule has 2 fully saturated rings. The first kappa shape index (κ1) is 17.8. The van der Waals surface area contributed by atoms with Crippen LogP contribution in [-0.2, 0) is 5.41 Å². The van der Waals surface area contributed by atoms with Crippen molar-refractivity contribution in [3.63, 3.8) is 0 Å². The van der Waals surface area contributed by atoms with Gasteiger partial charge in [-0.1, -0.05) is 31.9 Å². The van der Waals surface area contributed by atoms with Crippen molar-refractivity contribution in [3.8, 4) is 5.75 Å². The average Bonchev–Trinajstić information content (AvgIpc) is 2.89. The van der Waals surface area contributed by atoms with Gasteiger partial charge in [-0.3, -0.25) is 0 Å². The summed E-state index contributed by atoms with van der Waals surface area (Å²) in [6.07, 6.45) is 9.49. The van der Waals surface area contributed by atoms with Gasteiger partial charge in [0.25, 0.3) is 0 Å². The summed E-state index contributed by atoms with van der Waals surface area (Å²) in [6, 6.07) is 9.63. The molecule has 1 aromatic rings. The maximum Gasteiger partial charge on any atom is 0.119 e. The summed E-state index contributed by atoms with van der Waals surface area (Å²) in [5.74, 6) is 1.01. The molecule has 0 N–H and O–H groups in total. The van der Waals surface area contributed by atoms with Gasteiger partial charge in [-0.25, -0.2) is 0 Å². The molecule has 1 saturated heterocycles. The molecule has 2 atom stereocenters. The molecule has 22 heavy (non-hydrogen) atoms. The number of fused-ring (bicyclic) bond motifs is 2. The molecule has 1 aliphatic heterocycles. The highest BCUT2D eigenvalue weighted by Crippen LogP contribution is 2.49. The van der Waals surface area contributed by atoms with Gasteiger partial charge in [0, 0.05) is 6.04 Å². The first-order valence-corrected chi connectivity index (χ1v) is 8.66. The smallest absolute Gasteiger partial charge is 0.119 e. The maximum atomic E-state index is 5.42. The van der Waals surface area contributed by atoms with Crippen molar-refractivity contribution < 1.29 is 4.74 Å². The maximum absolute atomic E-state index is 5.42. The summed E-state index contributed by atoms with van der Waals surface area (Å²) in [5, 5.41) is 0. The second kappa shape index (κ2) is 7.83. The van der Waals surface area contributed by atoms with Crippen molar-refractivity contribution in [2.45, 2.75) is 63.3 Å². The van der Waals surface area contributed by atoms with Gasteiger partial charge in [0.05, 0.1) is 7.11 Å². The molecule has 3 heteroatoms. The number of piperidine rings is 1. The minimum Gasteiger partial charge on any atom is -0.497 e. The van der Waals surface area contributed by atoms with Gasteiger partial charge in [-0.15, -0.1) is 17.0 Å². The van der Waals surface area contributed by atoms with Crippen molar-refractivity contribution in [2.75, 3.05) is 20.2 Å². The van der Waals surface area contributed by atoms with Crippen LogP contribution < -0.4 is 4.74 Å².